The van der Waals surface area contributed by atoms with Crippen LogP contribution < -0.4 is 11.1 Å². The van der Waals surface area contributed by atoms with E-state index in [1.54, 1.807) is 7.05 Å². The lowest BCUT2D eigenvalue weighted by atomic mass is 10.1. The highest BCUT2D eigenvalue weighted by molar-refractivity contribution is 5.79. The zero-order chi connectivity index (χ0) is 13.0. The second-order valence-electron chi connectivity index (χ2n) is 5.16. The average Bonchev–Trinajstić information content (AvgIpc) is 2.26. The largest absolute Gasteiger partial charge is 0.368 e. The van der Waals surface area contributed by atoms with Crippen molar-refractivity contribution in [3.63, 3.8) is 0 Å². The molecular formula is C12H26N4O. The van der Waals surface area contributed by atoms with Crippen molar-refractivity contribution in [2.24, 2.45) is 5.73 Å². The van der Waals surface area contributed by atoms with E-state index < -0.39 is 0 Å². The average molecular weight is 242 g/mol. The smallest absolute Gasteiger partial charge is 0.234 e. The van der Waals surface area contributed by atoms with Gasteiger partial charge in [-0.3, -0.25) is 9.69 Å². The number of rotatable bonds is 5. The van der Waals surface area contributed by atoms with Crippen LogP contribution in [0.4, 0.5) is 0 Å². The first-order chi connectivity index (χ1) is 7.95. The molecule has 17 heavy (non-hydrogen) atoms. The molecule has 1 aliphatic heterocycles. The summed E-state index contributed by atoms with van der Waals surface area (Å²) in [5.41, 5.74) is 5.31. The number of likely N-dealkylation sites (N-methyl/N-ethyl adjacent to an activating group) is 2. The van der Waals surface area contributed by atoms with Crippen molar-refractivity contribution in [3.8, 4) is 0 Å². The van der Waals surface area contributed by atoms with Crippen LogP contribution >= 0.6 is 0 Å². The Hall–Kier alpha value is -0.650. The van der Waals surface area contributed by atoms with Gasteiger partial charge in [-0.05, 0) is 34.4 Å². The Bertz CT molecular complexity index is 247. The lowest BCUT2D eigenvalue weighted by Gasteiger charge is -2.42. The van der Waals surface area contributed by atoms with E-state index in [0.717, 1.165) is 26.1 Å². The minimum atomic E-state index is -0.261. The fourth-order valence-corrected chi connectivity index (χ4v) is 2.44. The molecule has 0 aromatic carbocycles. The van der Waals surface area contributed by atoms with E-state index in [-0.39, 0.29) is 11.9 Å². The molecule has 3 unspecified atom stereocenters. The highest BCUT2D eigenvalue weighted by Crippen LogP contribution is 2.13. The number of piperazine rings is 1. The van der Waals surface area contributed by atoms with Crippen molar-refractivity contribution in [1.82, 2.24) is 15.1 Å². The molecule has 1 aliphatic rings. The van der Waals surface area contributed by atoms with Crippen molar-refractivity contribution >= 4 is 5.91 Å². The third-order valence-corrected chi connectivity index (χ3v) is 3.86. The van der Waals surface area contributed by atoms with Crippen molar-refractivity contribution in [2.75, 3.05) is 33.7 Å². The normalized spacial score (nSPS) is 29.2. The summed E-state index contributed by atoms with van der Waals surface area (Å²) in [6, 6.07) is 0.931. The van der Waals surface area contributed by atoms with Gasteiger partial charge in [0.15, 0.2) is 0 Å². The van der Waals surface area contributed by atoms with Gasteiger partial charge in [-0.2, -0.15) is 0 Å². The summed E-state index contributed by atoms with van der Waals surface area (Å²) in [5, 5.41) is 2.96. The summed E-state index contributed by atoms with van der Waals surface area (Å²) >= 11 is 0. The van der Waals surface area contributed by atoms with Gasteiger partial charge in [0, 0.05) is 31.7 Å². The Morgan fingerprint density at radius 1 is 1.41 bits per heavy atom. The molecule has 1 heterocycles. The Balaban J connectivity index is 2.40. The number of nitrogens with two attached hydrogens (primary N) is 1. The fraction of sp³-hybridized carbons (Fsp3) is 0.917. The van der Waals surface area contributed by atoms with E-state index in [9.17, 15) is 4.79 Å². The van der Waals surface area contributed by atoms with Gasteiger partial charge >= 0.3 is 0 Å². The van der Waals surface area contributed by atoms with Gasteiger partial charge in [0.05, 0.1) is 6.04 Å². The van der Waals surface area contributed by atoms with E-state index in [2.05, 4.69) is 36.0 Å². The standard InChI is InChI=1S/C12H26N4O/c1-9-7-16(8-10(2)15(9)4)6-5-11(14-3)12(13)17/h9-11,14H,5-8H2,1-4H3,(H2,13,17). The second-order valence-corrected chi connectivity index (χ2v) is 5.16. The molecule has 0 spiro atoms. The highest BCUT2D eigenvalue weighted by Gasteiger charge is 2.26. The lowest BCUT2D eigenvalue weighted by molar-refractivity contribution is -0.120. The van der Waals surface area contributed by atoms with Crippen molar-refractivity contribution < 1.29 is 4.79 Å². The van der Waals surface area contributed by atoms with Crippen LogP contribution in [0.1, 0.15) is 20.3 Å². The van der Waals surface area contributed by atoms with E-state index >= 15 is 0 Å². The van der Waals surface area contributed by atoms with Crippen LogP contribution in [0.2, 0.25) is 0 Å². The number of hydrogen-bond acceptors (Lipinski definition) is 4. The van der Waals surface area contributed by atoms with E-state index in [0.29, 0.717) is 12.1 Å². The molecule has 3 N–H and O–H groups in total. The van der Waals surface area contributed by atoms with Gasteiger partial charge in [0.2, 0.25) is 5.91 Å². The van der Waals surface area contributed by atoms with Gasteiger partial charge < -0.3 is 16.0 Å². The molecule has 0 radical (unpaired) electrons. The number of nitrogens with zero attached hydrogens (tertiary/aromatic N) is 2. The maximum Gasteiger partial charge on any atom is 0.234 e. The number of carbonyl (C=O) groups is 1. The first-order valence-corrected chi connectivity index (χ1v) is 6.36. The minimum absolute atomic E-state index is 0.208. The molecule has 0 bridgehead atoms. The molecule has 3 atom stereocenters. The van der Waals surface area contributed by atoms with Crippen molar-refractivity contribution in [1.29, 1.82) is 0 Å². The summed E-state index contributed by atoms with van der Waals surface area (Å²) in [5.74, 6) is -0.261. The number of amides is 1. The topological polar surface area (TPSA) is 61.6 Å². The predicted molar refractivity (Wildman–Crippen MR) is 69.8 cm³/mol. The second kappa shape index (κ2) is 6.33. The molecule has 0 saturated carbocycles. The number of nitrogens with one attached hydrogen (secondary N) is 1. The molecule has 100 valence electrons. The fourth-order valence-electron chi connectivity index (χ4n) is 2.44. The first-order valence-electron chi connectivity index (χ1n) is 6.36. The first kappa shape index (κ1) is 14.4. The molecule has 5 nitrogen and oxygen atoms in total. The Labute approximate surface area is 104 Å². The van der Waals surface area contributed by atoms with Crippen LogP contribution in [0, 0.1) is 0 Å². The molecule has 1 amide bonds. The van der Waals surface area contributed by atoms with Gasteiger partial charge in [-0.1, -0.05) is 0 Å². The van der Waals surface area contributed by atoms with Crippen LogP contribution in [0.3, 0.4) is 0 Å². The zero-order valence-corrected chi connectivity index (χ0v) is 11.4. The maximum atomic E-state index is 11.1. The summed E-state index contributed by atoms with van der Waals surface area (Å²) < 4.78 is 0. The third-order valence-electron chi connectivity index (χ3n) is 3.86. The Kier molecular flexibility index (Phi) is 5.36. The number of primary amides is 1. The Morgan fingerprint density at radius 3 is 2.35 bits per heavy atom. The minimum Gasteiger partial charge on any atom is -0.368 e. The molecule has 5 heteroatoms. The molecule has 0 aromatic rings. The summed E-state index contributed by atoms with van der Waals surface area (Å²) in [4.78, 5) is 15.9. The maximum absolute atomic E-state index is 11.1. The highest BCUT2D eigenvalue weighted by atomic mass is 16.1. The van der Waals surface area contributed by atoms with Crippen LogP contribution in [-0.2, 0) is 4.79 Å². The van der Waals surface area contributed by atoms with Gasteiger partial charge in [0.1, 0.15) is 0 Å². The summed E-state index contributed by atoms with van der Waals surface area (Å²) in [7, 11) is 3.96. The Morgan fingerprint density at radius 2 is 1.94 bits per heavy atom. The number of carbonyl (C=O) groups excluding carboxylic acids is 1. The van der Waals surface area contributed by atoms with Crippen molar-refractivity contribution in [2.45, 2.75) is 38.4 Å². The van der Waals surface area contributed by atoms with Crippen LogP contribution in [0.5, 0.6) is 0 Å². The van der Waals surface area contributed by atoms with Crippen LogP contribution in [-0.4, -0.2) is 67.6 Å². The SMILES string of the molecule is CNC(CCN1CC(C)N(C)C(C)C1)C(N)=O. The quantitative estimate of drug-likeness (QED) is 0.681. The van der Waals surface area contributed by atoms with Gasteiger partial charge in [0.25, 0.3) is 0 Å². The van der Waals surface area contributed by atoms with Crippen LogP contribution in [0.25, 0.3) is 0 Å². The molecule has 0 aromatic heterocycles. The van der Waals surface area contributed by atoms with Gasteiger partial charge in [-0.25, -0.2) is 0 Å². The van der Waals surface area contributed by atoms with E-state index in [4.69, 9.17) is 5.73 Å². The van der Waals surface area contributed by atoms with Crippen molar-refractivity contribution in [3.05, 3.63) is 0 Å². The molecule has 1 fully saturated rings. The lowest BCUT2D eigenvalue weighted by Crippen LogP contribution is -2.55. The number of hydrogen-bond donors (Lipinski definition) is 2. The molecule has 1 saturated heterocycles. The summed E-state index contributed by atoms with van der Waals surface area (Å²) in [6.45, 7) is 7.54. The predicted octanol–water partition coefficient (Wildman–Crippen LogP) is -0.526. The summed E-state index contributed by atoms with van der Waals surface area (Å²) in [6.07, 6.45) is 0.787. The zero-order valence-electron chi connectivity index (χ0n) is 11.4. The third kappa shape index (κ3) is 3.94. The molecule has 0 aliphatic carbocycles. The van der Waals surface area contributed by atoms with E-state index in [1.165, 1.54) is 0 Å². The molecule has 1 rings (SSSR count). The molecular weight excluding hydrogens is 216 g/mol. The van der Waals surface area contributed by atoms with Gasteiger partial charge in [-0.15, -0.1) is 0 Å². The van der Waals surface area contributed by atoms with Crippen LogP contribution in [0.15, 0.2) is 0 Å². The van der Waals surface area contributed by atoms with E-state index in [1.807, 2.05) is 0 Å². The monoisotopic (exact) mass is 242 g/mol.